The Labute approximate surface area is 195 Å². The molecular formula is C26H27F2N5O. The molecular weight excluding hydrogens is 436 g/mol. The normalized spacial score (nSPS) is 21.0. The van der Waals surface area contributed by atoms with E-state index in [-0.39, 0.29) is 29.2 Å². The van der Waals surface area contributed by atoms with E-state index in [1.807, 2.05) is 18.4 Å². The van der Waals surface area contributed by atoms with Gasteiger partial charge in [0.1, 0.15) is 11.5 Å². The number of rotatable bonds is 3. The summed E-state index contributed by atoms with van der Waals surface area (Å²) in [5.74, 6) is -1.30. The molecule has 2 aliphatic heterocycles. The van der Waals surface area contributed by atoms with Gasteiger partial charge in [-0.1, -0.05) is 0 Å². The number of hydrogen-bond donors (Lipinski definition) is 1. The molecule has 2 N–H and O–H groups in total. The largest absolute Gasteiger partial charge is 0.341 e. The fourth-order valence-electron chi connectivity index (χ4n) is 5.47. The Hall–Kier alpha value is -3.13. The van der Waals surface area contributed by atoms with Crippen molar-refractivity contribution in [2.24, 2.45) is 5.73 Å². The molecule has 0 atom stereocenters. The molecule has 0 radical (unpaired) electrons. The maximum atomic E-state index is 16.2. The lowest BCUT2D eigenvalue weighted by atomic mass is 9.92. The van der Waals surface area contributed by atoms with Crippen LogP contribution in [0.2, 0.25) is 0 Å². The molecule has 176 valence electrons. The molecule has 2 saturated carbocycles. The number of halogens is 2. The molecule has 8 heteroatoms. The third-order valence-electron chi connectivity index (χ3n) is 7.27. The molecule has 4 aliphatic rings. The Morgan fingerprint density at radius 2 is 1.62 bits per heavy atom. The van der Waals surface area contributed by atoms with Crippen LogP contribution in [-0.4, -0.2) is 25.4 Å². The molecule has 0 bridgehead atoms. The van der Waals surface area contributed by atoms with Crippen LogP contribution in [0.15, 0.2) is 29.2 Å². The summed E-state index contributed by atoms with van der Waals surface area (Å²) in [6.45, 7) is 3.61. The highest BCUT2D eigenvalue weighted by Gasteiger charge is 2.33. The average Bonchev–Trinajstić information content (AvgIpc) is 3.57. The smallest absolute Gasteiger partial charge is 0.278 e. The molecule has 3 heterocycles. The van der Waals surface area contributed by atoms with Crippen LogP contribution in [0.1, 0.15) is 62.0 Å². The minimum atomic E-state index is -0.671. The van der Waals surface area contributed by atoms with Crippen LogP contribution in [-0.2, 0) is 0 Å². The first-order chi connectivity index (χ1) is 16.3. The first kappa shape index (κ1) is 21.4. The van der Waals surface area contributed by atoms with Crippen LogP contribution in [0, 0.1) is 25.5 Å². The minimum absolute atomic E-state index is 0.0409. The average molecular weight is 464 g/mol. The van der Waals surface area contributed by atoms with Gasteiger partial charge in [-0.3, -0.25) is 9.78 Å². The standard InChI is InChI=1S/C26H27F2N5O/c1-13-9-15(10-14(2)30-13)22-21(27)11-19-24-20(12-32(17-7-8-17)25(19)23(22)28)26(34)33(31-24)18-5-3-16(29)4-6-18/h9-12,16-18H,3-8,29H2,1-2H3/t16-,18+. The number of aryl methyl sites for hydroxylation is 2. The molecule has 6 nitrogen and oxygen atoms in total. The zero-order valence-corrected chi connectivity index (χ0v) is 19.3. The van der Waals surface area contributed by atoms with Gasteiger partial charge in [0.2, 0.25) is 0 Å². The van der Waals surface area contributed by atoms with E-state index in [0.717, 1.165) is 38.5 Å². The van der Waals surface area contributed by atoms with E-state index in [2.05, 4.69) is 10.1 Å². The summed E-state index contributed by atoms with van der Waals surface area (Å²) in [6.07, 6.45) is 6.74. The van der Waals surface area contributed by atoms with Gasteiger partial charge in [-0.2, -0.15) is 5.10 Å². The second-order valence-corrected chi connectivity index (χ2v) is 9.93. The van der Waals surface area contributed by atoms with Gasteiger partial charge in [-0.25, -0.2) is 13.5 Å². The summed E-state index contributed by atoms with van der Waals surface area (Å²) >= 11 is 0. The van der Waals surface area contributed by atoms with Crippen molar-refractivity contribution >= 4 is 10.9 Å². The number of aromatic nitrogens is 4. The lowest BCUT2D eigenvalue weighted by molar-refractivity contribution is 0.300. The van der Waals surface area contributed by atoms with Gasteiger partial charge >= 0.3 is 0 Å². The molecule has 34 heavy (non-hydrogen) atoms. The topological polar surface area (TPSA) is 78.7 Å². The van der Waals surface area contributed by atoms with Crippen molar-refractivity contribution in [3.05, 3.63) is 57.8 Å². The maximum absolute atomic E-state index is 16.2. The fourth-order valence-corrected chi connectivity index (χ4v) is 5.47. The third kappa shape index (κ3) is 3.35. The fraction of sp³-hybridized carbons (Fsp3) is 0.423. The number of hydrogen-bond acceptors (Lipinski definition) is 4. The number of pyridine rings is 2. The summed E-state index contributed by atoms with van der Waals surface area (Å²) in [5, 5.41) is 4.97. The Kier molecular flexibility index (Phi) is 4.85. The van der Waals surface area contributed by atoms with Crippen molar-refractivity contribution in [3.8, 4) is 22.4 Å². The van der Waals surface area contributed by atoms with E-state index < -0.39 is 11.6 Å². The Bertz CT molecular complexity index is 1440. The summed E-state index contributed by atoms with van der Waals surface area (Å²) in [4.78, 5) is 17.7. The molecule has 2 aliphatic carbocycles. The highest BCUT2D eigenvalue weighted by Crippen LogP contribution is 2.43. The molecule has 0 amide bonds. The van der Waals surface area contributed by atoms with Gasteiger partial charge in [-0.15, -0.1) is 0 Å². The van der Waals surface area contributed by atoms with E-state index in [4.69, 9.17) is 5.73 Å². The molecule has 2 fully saturated rings. The lowest BCUT2D eigenvalue weighted by Gasteiger charge is -2.25. The monoisotopic (exact) mass is 463 g/mol. The SMILES string of the molecule is Cc1cc(-c2c(F)cc3c4nn([C@H]5CC[C@@H](N)CC5)c(=O)c-4cn(C4CC4)c3c2F)cc(C)n1. The molecule has 6 rings (SSSR count). The van der Waals surface area contributed by atoms with E-state index in [0.29, 0.717) is 39.1 Å². The molecule has 1 aromatic carbocycles. The van der Waals surface area contributed by atoms with Crippen molar-refractivity contribution in [3.63, 3.8) is 0 Å². The molecule has 1 aromatic heterocycles. The Balaban J connectivity index is 1.62. The summed E-state index contributed by atoms with van der Waals surface area (Å²) in [6, 6.07) is 4.93. The summed E-state index contributed by atoms with van der Waals surface area (Å²) in [7, 11) is 0. The number of nitrogens with two attached hydrogens (primary N) is 1. The number of fused-ring (bicyclic) bond motifs is 3. The summed E-state index contributed by atoms with van der Waals surface area (Å²) in [5.41, 5.74) is 8.69. The maximum Gasteiger partial charge on any atom is 0.278 e. The predicted molar refractivity (Wildman–Crippen MR) is 127 cm³/mol. The first-order valence-corrected chi connectivity index (χ1v) is 12.0. The Morgan fingerprint density at radius 1 is 0.971 bits per heavy atom. The second-order valence-electron chi connectivity index (χ2n) is 9.93. The quantitative estimate of drug-likeness (QED) is 0.462. The van der Waals surface area contributed by atoms with Gasteiger partial charge in [-0.05, 0) is 76.1 Å². The van der Waals surface area contributed by atoms with Crippen molar-refractivity contribution < 1.29 is 8.78 Å². The van der Waals surface area contributed by atoms with Gasteiger partial charge in [0.15, 0.2) is 5.82 Å². The van der Waals surface area contributed by atoms with Gasteiger partial charge in [0, 0.05) is 35.1 Å². The molecule has 0 saturated heterocycles. The van der Waals surface area contributed by atoms with Crippen molar-refractivity contribution in [1.29, 1.82) is 0 Å². The van der Waals surface area contributed by atoms with Crippen LogP contribution in [0.25, 0.3) is 33.3 Å². The van der Waals surface area contributed by atoms with Crippen molar-refractivity contribution in [2.75, 3.05) is 0 Å². The van der Waals surface area contributed by atoms with Crippen molar-refractivity contribution in [2.45, 2.75) is 70.5 Å². The van der Waals surface area contributed by atoms with Gasteiger partial charge in [0.05, 0.1) is 22.7 Å². The van der Waals surface area contributed by atoms with E-state index in [1.54, 1.807) is 18.3 Å². The lowest BCUT2D eigenvalue weighted by Crippen LogP contribution is -2.31. The first-order valence-electron chi connectivity index (χ1n) is 12.0. The zero-order chi connectivity index (χ0) is 23.7. The minimum Gasteiger partial charge on any atom is -0.341 e. The predicted octanol–water partition coefficient (Wildman–Crippen LogP) is 5.04. The zero-order valence-electron chi connectivity index (χ0n) is 19.3. The van der Waals surface area contributed by atoms with Crippen LogP contribution in [0.4, 0.5) is 8.78 Å². The van der Waals surface area contributed by atoms with Gasteiger partial charge < -0.3 is 10.3 Å². The molecule has 2 aromatic rings. The van der Waals surface area contributed by atoms with Crippen LogP contribution < -0.4 is 11.3 Å². The van der Waals surface area contributed by atoms with Gasteiger partial charge in [0.25, 0.3) is 5.56 Å². The van der Waals surface area contributed by atoms with E-state index in [9.17, 15) is 4.79 Å². The van der Waals surface area contributed by atoms with Crippen LogP contribution >= 0.6 is 0 Å². The van der Waals surface area contributed by atoms with E-state index >= 15 is 8.78 Å². The second kappa shape index (κ2) is 7.70. The van der Waals surface area contributed by atoms with Crippen LogP contribution in [0.3, 0.4) is 0 Å². The van der Waals surface area contributed by atoms with E-state index in [1.165, 1.54) is 10.7 Å². The number of nitrogens with zero attached hydrogens (tertiary/aromatic N) is 4. The molecule has 0 unspecified atom stereocenters. The summed E-state index contributed by atoms with van der Waals surface area (Å²) < 4.78 is 35.0. The third-order valence-corrected chi connectivity index (χ3v) is 7.27. The number of benzene rings is 1. The van der Waals surface area contributed by atoms with Crippen molar-refractivity contribution in [1.82, 2.24) is 19.3 Å². The Morgan fingerprint density at radius 3 is 2.26 bits per heavy atom. The van der Waals surface area contributed by atoms with Crippen LogP contribution in [0.5, 0.6) is 0 Å². The highest BCUT2D eigenvalue weighted by atomic mass is 19.1. The highest BCUT2D eigenvalue weighted by molar-refractivity contribution is 5.97. The molecule has 0 spiro atoms.